The van der Waals surface area contributed by atoms with Crippen molar-refractivity contribution >= 4 is 27.5 Å². The van der Waals surface area contributed by atoms with Crippen molar-refractivity contribution in [1.29, 1.82) is 0 Å². The molecule has 0 aromatic heterocycles. The topological polar surface area (TPSA) is 109 Å². The maximum atomic E-state index is 14.2. The van der Waals surface area contributed by atoms with E-state index in [1.165, 1.54) is 11.1 Å². The Hall–Kier alpha value is -3.08. The Bertz CT molecular complexity index is 1700. The number of amides is 3. The number of fused-ring (bicyclic) bond motifs is 4. The van der Waals surface area contributed by atoms with E-state index in [0.717, 1.165) is 74.5 Å². The number of urea groups is 1. The number of methoxy groups -OCH3 is 1. The molecule has 6 atom stereocenters. The summed E-state index contributed by atoms with van der Waals surface area (Å²) in [7, 11) is -1.64. The number of halogens is 1. The summed E-state index contributed by atoms with van der Waals surface area (Å²) in [6.45, 7) is 4.04. The smallest absolute Gasteiger partial charge is 0.327 e. The second-order valence-corrected chi connectivity index (χ2v) is 16.8. The third-order valence-corrected chi connectivity index (χ3v) is 12.9. The van der Waals surface area contributed by atoms with Crippen LogP contribution in [0, 0.1) is 29.4 Å². The first-order valence-corrected chi connectivity index (χ1v) is 19.1. The Kier molecular flexibility index (Phi) is 9.04. The van der Waals surface area contributed by atoms with Crippen LogP contribution >= 0.6 is 0 Å². The summed E-state index contributed by atoms with van der Waals surface area (Å²) < 4.78 is 33.7. The first-order chi connectivity index (χ1) is 22.6. The van der Waals surface area contributed by atoms with Gasteiger partial charge in [0, 0.05) is 49.4 Å². The van der Waals surface area contributed by atoms with Crippen LogP contribution in [0.15, 0.2) is 52.9 Å². The number of hydrogen-bond donors (Lipinski definition) is 2. The van der Waals surface area contributed by atoms with Crippen molar-refractivity contribution in [3.05, 3.63) is 70.3 Å². The maximum absolute atomic E-state index is 14.2. The molecule has 252 valence electrons. The SMILES string of the molecule is CO[C@H]1/C=C/C[C@H](C)CS(=O)(NC(=O)NC2CC2)=NC(=O)c2ccc3c(c2)N(C[C@@H]2CC[C@H]21)C[C@@]1(CCCc2cc([ClH+])ccc21)CO3. The Morgan fingerprint density at radius 3 is 2.79 bits per heavy atom. The lowest BCUT2D eigenvalue weighted by molar-refractivity contribution is -0.289. The highest BCUT2D eigenvalue weighted by molar-refractivity contribution is 7.92. The fourth-order valence-electron chi connectivity index (χ4n) is 7.96. The predicted molar refractivity (Wildman–Crippen MR) is 180 cm³/mol. The van der Waals surface area contributed by atoms with Gasteiger partial charge in [0.15, 0.2) is 11.6 Å². The van der Waals surface area contributed by atoms with Crippen molar-refractivity contribution in [2.45, 2.75) is 75.9 Å². The van der Waals surface area contributed by atoms with Gasteiger partial charge in [-0.1, -0.05) is 25.1 Å². The van der Waals surface area contributed by atoms with Gasteiger partial charge in [-0.2, -0.15) is 0 Å². The molecule has 2 saturated carbocycles. The van der Waals surface area contributed by atoms with Crippen LogP contribution < -0.4 is 19.7 Å². The van der Waals surface area contributed by atoms with E-state index < -0.39 is 21.9 Å². The minimum atomic E-state index is -3.42. The van der Waals surface area contributed by atoms with Crippen LogP contribution in [0.25, 0.3) is 0 Å². The molecule has 5 aliphatic rings. The maximum Gasteiger partial charge on any atom is 0.327 e. The average Bonchev–Trinajstić information content (AvgIpc) is 3.85. The standard InChI is InChI=1S/C36H45ClN4O5S/c1-23-5-3-7-32(45-2)29-13-8-26(29)19-41-21-36(16-4-6-24-17-27(37)10-14-30(24)36)22-46-33-15-9-25(18-31(33)41)34(42)39-47(44,20-23)40-35(43)38-28-11-12-28/h3,7,9-10,14-15,17-18,23,26,28-29,32,37H,4-6,8,11-13,16,19-22H2,1-2H3,(H-,38,39,40,42,43,44)/p+1/b7-3+/t23-,26-,29+,32-,36-,47?/m0/s1. The highest BCUT2D eigenvalue weighted by atomic mass is 35.5. The van der Waals surface area contributed by atoms with Gasteiger partial charge in [-0.25, -0.2) is 9.00 Å². The summed E-state index contributed by atoms with van der Waals surface area (Å²) in [5, 5.41) is 3.68. The van der Waals surface area contributed by atoms with Crippen molar-refractivity contribution in [3.8, 4) is 5.75 Å². The number of anilines is 1. The molecule has 2 N–H and O–H groups in total. The summed E-state index contributed by atoms with van der Waals surface area (Å²) in [6.07, 6.45) is 11.9. The molecule has 2 aliphatic heterocycles. The first-order valence-electron chi connectivity index (χ1n) is 17.0. The molecule has 2 bridgehead atoms. The third kappa shape index (κ3) is 6.92. The van der Waals surface area contributed by atoms with Crippen LogP contribution in [0.1, 0.15) is 73.4 Å². The van der Waals surface area contributed by atoms with E-state index in [1.807, 2.05) is 25.1 Å². The molecule has 7 rings (SSSR count). The van der Waals surface area contributed by atoms with Gasteiger partial charge in [0.05, 0.1) is 24.2 Å². The fraction of sp³-hybridized carbons (Fsp3) is 0.556. The molecule has 2 aromatic carbocycles. The Labute approximate surface area is 283 Å². The number of carbonyl (C=O) groups excluding carboxylic acids is 2. The van der Waals surface area contributed by atoms with E-state index in [1.54, 1.807) is 13.2 Å². The van der Waals surface area contributed by atoms with Crippen molar-refractivity contribution < 1.29 is 34.9 Å². The van der Waals surface area contributed by atoms with E-state index in [9.17, 15) is 13.8 Å². The Morgan fingerprint density at radius 2 is 2.02 bits per heavy atom. The summed E-state index contributed by atoms with van der Waals surface area (Å²) in [5.74, 6) is 0.844. The quantitative estimate of drug-likeness (QED) is 0.416. The van der Waals surface area contributed by atoms with Crippen molar-refractivity contribution in [3.63, 3.8) is 0 Å². The van der Waals surface area contributed by atoms with Gasteiger partial charge in [0.2, 0.25) is 5.02 Å². The molecular weight excluding hydrogens is 636 g/mol. The van der Waals surface area contributed by atoms with E-state index in [-0.39, 0.29) is 29.2 Å². The average molecular weight is 682 g/mol. The normalized spacial score (nSPS) is 32.8. The molecule has 3 amide bonds. The Morgan fingerprint density at radius 1 is 1.17 bits per heavy atom. The molecule has 3 aliphatic carbocycles. The molecule has 2 heterocycles. The fourth-order valence-corrected chi connectivity index (χ4v) is 10.0. The number of nitrogens with zero attached hydrogens (tertiary/aromatic N) is 2. The zero-order valence-corrected chi connectivity index (χ0v) is 28.9. The highest BCUT2D eigenvalue weighted by Gasteiger charge is 2.44. The molecule has 47 heavy (non-hydrogen) atoms. The van der Waals surface area contributed by atoms with Gasteiger partial charge >= 0.3 is 6.03 Å². The number of benzene rings is 2. The van der Waals surface area contributed by atoms with Gasteiger partial charge in [-0.3, -0.25) is 9.52 Å². The summed E-state index contributed by atoms with van der Waals surface area (Å²) in [4.78, 5) is 29.0. The van der Waals surface area contributed by atoms with Gasteiger partial charge in [0.25, 0.3) is 5.91 Å². The predicted octanol–water partition coefficient (Wildman–Crippen LogP) is 5.48. The molecule has 1 spiro atoms. The van der Waals surface area contributed by atoms with E-state index in [0.29, 0.717) is 30.4 Å². The zero-order chi connectivity index (χ0) is 32.8. The monoisotopic (exact) mass is 681 g/mol. The number of hydrogen-bond acceptors (Lipinski definition) is 6. The molecule has 1 unspecified atom stereocenters. The zero-order valence-electron chi connectivity index (χ0n) is 27.2. The van der Waals surface area contributed by atoms with Crippen LogP contribution in [-0.2, 0) is 26.5 Å². The molecule has 2 fully saturated rings. The van der Waals surface area contributed by atoms with Crippen LogP contribution in [0.4, 0.5) is 10.5 Å². The lowest BCUT2D eigenvalue weighted by Crippen LogP contribution is -2.49. The number of aryl methyl sites for hydroxylation is 1. The van der Waals surface area contributed by atoms with E-state index >= 15 is 0 Å². The summed E-state index contributed by atoms with van der Waals surface area (Å²) in [5.41, 5.74) is 3.54. The van der Waals surface area contributed by atoms with Crippen molar-refractivity contribution in [2.75, 3.05) is 37.5 Å². The third-order valence-electron chi connectivity index (χ3n) is 10.7. The summed E-state index contributed by atoms with van der Waals surface area (Å²) >= 11 is 5.54. The van der Waals surface area contributed by atoms with E-state index in [4.69, 9.17) is 21.1 Å². The minimum Gasteiger partial charge on any atom is -0.490 e. The second kappa shape index (κ2) is 13.1. The molecule has 9 nitrogen and oxygen atoms in total. The molecular formula is C36H46ClN4O5S+. The molecule has 11 heteroatoms. The highest BCUT2D eigenvalue weighted by Crippen LogP contribution is 2.47. The number of carbonyl (C=O) groups is 2. The van der Waals surface area contributed by atoms with Gasteiger partial charge < -0.3 is 19.7 Å². The van der Waals surface area contributed by atoms with Crippen LogP contribution in [0.2, 0.25) is 5.02 Å². The van der Waals surface area contributed by atoms with Crippen molar-refractivity contribution in [2.24, 2.45) is 22.1 Å². The van der Waals surface area contributed by atoms with Crippen molar-refractivity contribution in [1.82, 2.24) is 10.0 Å². The number of nitrogens with one attached hydrogen (secondary N) is 2. The van der Waals surface area contributed by atoms with Gasteiger partial charge in [-0.15, -0.1) is 4.36 Å². The second-order valence-electron chi connectivity index (χ2n) is 14.3. The molecule has 0 saturated heterocycles. The van der Waals surface area contributed by atoms with Gasteiger partial charge in [-0.05, 0) is 98.4 Å². The lowest BCUT2D eigenvalue weighted by atomic mass is 9.68. The Balaban J connectivity index is 1.29. The van der Waals surface area contributed by atoms with Crippen LogP contribution in [-0.4, -0.2) is 60.9 Å². The largest absolute Gasteiger partial charge is 0.490 e. The number of allylic oxidation sites excluding steroid dienone is 1. The molecule has 2 aromatic rings. The summed E-state index contributed by atoms with van der Waals surface area (Å²) in [6, 6.07) is 11.3. The van der Waals surface area contributed by atoms with E-state index in [2.05, 4.69) is 43.6 Å². The minimum absolute atomic E-state index is 0.0317. The van der Waals surface area contributed by atoms with Crippen LogP contribution in [0.5, 0.6) is 5.75 Å². The number of rotatable bonds is 3. The number of ether oxygens (including phenoxy) is 2. The first kappa shape index (κ1) is 32.5. The lowest BCUT2D eigenvalue weighted by Gasteiger charge is -2.46. The van der Waals surface area contributed by atoms with Gasteiger partial charge in [0.1, 0.15) is 15.7 Å². The molecule has 0 radical (unpaired) electrons. The van der Waals surface area contributed by atoms with Crippen LogP contribution in [0.3, 0.4) is 0 Å².